The van der Waals surface area contributed by atoms with Crippen LogP contribution < -0.4 is 0 Å². The second-order valence-electron chi connectivity index (χ2n) is 9.81. The molecule has 7 aromatic rings. The topological polar surface area (TPSA) is 12.9 Å². The van der Waals surface area contributed by atoms with Crippen molar-refractivity contribution in [3.8, 4) is 33.5 Å². The Bertz CT molecular complexity index is 1890. The van der Waals surface area contributed by atoms with Crippen LogP contribution in [0.1, 0.15) is 12.5 Å². The van der Waals surface area contributed by atoms with E-state index in [1.54, 1.807) is 0 Å². The summed E-state index contributed by atoms with van der Waals surface area (Å²) in [5, 5.41) is 7.74. The molecule has 0 unspecified atom stereocenters. The first-order valence-corrected chi connectivity index (χ1v) is 13.3. The molecule has 6 aromatic carbocycles. The number of nitrogens with zero attached hydrogens (tertiary/aromatic N) is 1. The zero-order valence-corrected chi connectivity index (χ0v) is 21.4. The smallest absolute Gasteiger partial charge is 0.0702 e. The molecule has 0 radical (unpaired) electrons. The van der Waals surface area contributed by atoms with Crippen LogP contribution in [0.25, 0.3) is 65.8 Å². The lowest BCUT2D eigenvalue weighted by atomic mass is 9.84. The van der Waals surface area contributed by atoms with Gasteiger partial charge in [-0.25, -0.2) is 0 Å². The van der Waals surface area contributed by atoms with E-state index in [9.17, 15) is 0 Å². The van der Waals surface area contributed by atoms with E-state index in [4.69, 9.17) is 0 Å². The molecule has 1 heterocycles. The van der Waals surface area contributed by atoms with Crippen LogP contribution in [0, 0.1) is 0 Å². The van der Waals surface area contributed by atoms with Gasteiger partial charge in [0.25, 0.3) is 0 Å². The second-order valence-corrected chi connectivity index (χ2v) is 9.81. The molecule has 7 rings (SSSR count). The van der Waals surface area contributed by atoms with E-state index in [0.717, 1.165) is 17.7 Å². The Balaban J connectivity index is 1.58. The van der Waals surface area contributed by atoms with Crippen molar-refractivity contribution < 1.29 is 0 Å². The van der Waals surface area contributed by atoms with Gasteiger partial charge in [0.05, 0.1) is 5.69 Å². The summed E-state index contributed by atoms with van der Waals surface area (Å²) in [4.78, 5) is 4.61. The minimum Gasteiger partial charge on any atom is -0.256 e. The molecule has 0 atom stereocenters. The van der Waals surface area contributed by atoms with Gasteiger partial charge in [-0.05, 0) is 84.8 Å². The molecule has 0 saturated heterocycles. The van der Waals surface area contributed by atoms with E-state index in [1.165, 1.54) is 60.1 Å². The van der Waals surface area contributed by atoms with Gasteiger partial charge in [0.15, 0.2) is 0 Å². The van der Waals surface area contributed by atoms with Crippen molar-refractivity contribution in [1.29, 1.82) is 0 Å². The van der Waals surface area contributed by atoms with Crippen LogP contribution in [-0.2, 0) is 6.42 Å². The first kappa shape index (κ1) is 22.4. The van der Waals surface area contributed by atoms with Gasteiger partial charge in [-0.15, -0.1) is 0 Å². The third-order valence-corrected chi connectivity index (χ3v) is 7.71. The molecule has 0 bridgehead atoms. The summed E-state index contributed by atoms with van der Waals surface area (Å²) in [5.41, 5.74) is 8.58. The van der Waals surface area contributed by atoms with Crippen LogP contribution in [0.15, 0.2) is 134 Å². The molecule has 0 fully saturated rings. The maximum atomic E-state index is 4.61. The Hall–Kier alpha value is -4.75. The largest absolute Gasteiger partial charge is 0.256 e. The second kappa shape index (κ2) is 9.28. The maximum absolute atomic E-state index is 4.61. The van der Waals surface area contributed by atoms with Crippen molar-refractivity contribution in [2.75, 3.05) is 0 Å². The summed E-state index contributed by atoms with van der Waals surface area (Å²) in [6.07, 6.45) is 2.88. The maximum Gasteiger partial charge on any atom is 0.0702 e. The molecule has 0 N–H and O–H groups in total. The third-order valence-electron chi connectivity index (χ3n) is 7.71. The van der Waals surface area contributed by atoms with E-state index in [2.05, 4.69) is 127 Å². The predicted molar refractivity (Wildman–Crippen MR) is 162 cm³/mol. The van der Waals surface area contributed by atoms with E-state index >= 15 is 0 Å². The summed E-state index contributed by atoms with van der Waals surface area (Å²) >= 11 is 0. The Morgan fingerprint density at radius 1 is 0.474 bits per heavy atom. The van der Waals surface area contributed by atoms with Crippen LogP contribution in [0.4, 0.5) is 0 Å². The number of fused-ring (bicyclic) bond motifs is 3. The minimum atomic E-state index is 0.988. The van der Waals surface area contributed by atoms with E-state index in [0.29, 0.717) is 0 Å². The highest BCUT2D eigenvalue weighted by Gasteiger charge is 2.18. The molecular formula is C37H27N. The molecule has 1 nitrogen and oxygen atoms in total. The summed E-state index contributed by atoms with van der Waals surface area (Å²) in [7, 11) is 0. The van der Waals surface area contributed by atoms with Crippen molar-refractivity contribution in [3.63, 3.8) is 0 Å². The van der Waals surface area contributed by atoms with E-state index in [1.807, 2.05) is 18.3 Å². The molecule has 1 heteroatoms. The first-order valence-electron chi connectivity index (χ1n) is 13.3. The molecular weight excluding hydrogens is 458 g/mol. The van der Waals surface area contributed by atoms with Crippen molar-refractivity contribution in [2.45, 2.75) is 13.3 Å². The monoisotopic (exact) mass is 485 g/mol. The highest BCUT2D eigenvalue weighted by atomic mass is 14.7. The Kier molecular flexibility index (Phi) is 5.48. The highest BCUT2D eigenvalue weighted by molar-refractivity contribution is 6.23. The number of hydrogen-bond donors (Lipinski definition) is 0. The van der Waals surface area contributed by atoms with Gasteiger partial charge in [-0.1, -0.05) is 116 Å². The van der Waals surface area contributed by atoms with Crippen LogP contribution in [0.3, 0.4) is 0 Å². The van der Waals surface area contributed by atoms with Gasteiger partial charge in [-0.2, -0.15) is 0 Å². The molecule has 0 saturated carbocycles. The predicted octanol–water partition coefficient (Wildman–Crippen LogP) is 10.1. The van der Waals surface area contributed by atoms with E-state index < -0.39 is 0 Å². The molecule has 38 heavy (non-hydrogen) atoms. The lowest BCUT2D eigenvalue weighted by molar-refractivity contribution is 1.16. The van der Waals surface area contributed by atoms with Crippen molar-refractivity contribution in [2.24, 2.45) is 0 Å². The number of pyridine rings is 1. The zero-order valence-electron chi connectivity index (χ0n) is 21.4. The van der Waals surface area contributed by atoms with Crippen LogP contribution >= 0.6 is 0 Å². The van der Waals surface area contributed by atoms with Gasteiger partial charge in [0.1, 0.15) is 0 Å². The lowest BCUT2D eigenvalue weighted by Gasteiger charge is -2.19. The van der Waals surface area contributed by atoms with Crippen LogP contribution in [0.5, 0.6) is 0 Å². The third kappa shape index (κ3) is 3.59. The fourth-order valence-corrected chi connectivity index (χ4v) is 6.00. The average Bonchev–Trinajstić information content (AvgIpc) is 3.00. The van der Waals surface area contributed by atoms with Crippen molar-refractivity contribution >= 4 is 32.3 Å². The SMILES string of the molecule is CCc1cccc2c(-c3c4ccccc4c(-c4cccc(-c5ccccn5)c4)c4ccccc34)cccc12. The highest BCUT2D eigenvalue weighted by Crippen LogP contribution is 2.45. The molecule has 0 spiro atoms. The van der Waals surface area contributed by atoms with Crippen molar-refractivity contribution in [1.82, 2.24) is 4.98 Å². The number of rotatable bonds is 4. The first-order chi connectivity index (χ1) is 18.8. The standard InChI is InChI=1S/C37H27N/c1-2-25-12-10-20-29-28(25)19-11-21-30(29)37-33-17-5-3-15-31(33)36(32-16-4-6-18-34(32)37)27-14-9-13-26(24-27)35-22-7-8-23-38-35/h3-24H,2H2,1H3. The summed E-state index contributed by atoms with van der Waals surface area (Å²) < 4.78 is 0. The minimum absolute atomic E-state index is 0.988. The van der Waals surface area contributed by atoms with Gasteiger partial charge in [-0.3, -0.25) is 4.98 Å². The van der Waals surface area contributed by atoms with Crippen LogP contribution in [0.2, 0.25) is 0 Å². The Morgan fingerprint density at radius 2 is 1.05 bits per heavy atom. The number of aryl methyl sites for hydroxylation is 1. The normalized spacial score (nSPS) is 11.4. The molecule has 0 amide bonds. The Morgan fingerprint density at radius 3 is 1.74 bits per heavy atom. The average molecular weight is 486 g/mol. The van der Waals surface area contributed by atoms with Gasteiger partial charge in [0, 0.05) is 11.8 Å². The quantitative estimate of drug-likeness (QED) is 0.226. The molecule has 0 aliphatic rings. The summed E-state index contributed by atoms with van der Waals surface area (Å²) in [6, 6.07) is 46.1. The van der Waals surface area contributed by atoms with Gasteiger partial charge >= 0.3 is 0 Å². The summed E-state index contributed by atoms with van der Waals surface area (Å²) in [6.45, 7) is 2.24. The van der Waals surface area contributed by atoms with Gasteiger partial charge in [0.2, 0.25) is 0 Å². The van der Waals surface area contributed by atoms with Crippen LogP contribution in [-0.4, -0.2) is 4.98 Å². The fraction of sp³-hybridized carbons (Fsp3) is 0.0541. The molecule has 0 aliphatic heterocycles. The molecule has 180 valence electrons. The van der Waals surface area contributed by atoms with E-state index in [-0.39, 0.29) is 0 Å². The Labute approximate surface area is 223 Å². The number of hydrogen-bond acceptors (Lipinski definition) is 1. The zero-order chi connectivity index (χ0) is 25.5. The molecule has 0 aliphatic carbocycles. The molecule has 1 aromatic heterocycles. The lowest BCUT2D eigenvalue weighted by Crippen LogP contribution is -1.93. The fourth-order valence-electron chi connectivity index (χ4n) is 6.00. The van der Waals surface area contributed by atoms with Crippen molar-refractivity contribution in [3.05, 3.63) is 139 Å². The van der Waals surface area contributed by atoms with Gasteiger partial charge < -0.3 is 0 Å². The summed E-state index contributed by atoms with van der Waals surface area (Å²) in [5.74, 6) is 0. The number of benzene rings is 6. The number of aromatic nitrogens is 1.